The summed E-state index contributed by atoms with van der Waals surface area (Å²) in [5.41, 5.74) is -0.631. The van der Waals surface area contributed by atoms with Crippen molar-refractivity contribution < 1.29 is 23.1 Å². The van der Waals surface area contributed by atoms with Crippen LogP contribution in [0.5, 0.6) is 0 Å². The molecule has 0 atom stereocenters. The van der Waals surface area contributed by atoms with E-state index in [9.17, 15) is 18.0 Å². The van der Waals surface area contributed by atoms with Crippen LogP contribution in [0.4, 0.5) is 18.0 Å². The van der Waals surface area contributed by atoms with Crippen LogP contribution in [0.2, 0.25) is 0 Å². The average Bonchev–Trinajstić information content (AvgIpc) is 2.40. The van der Waals surface area contributed by atoms with E-state index in [0.717, 1.165) is 31.7 Å². The number of benzene rings is 1. The van der Waals surface area contributed by atoms with Crippen LogP contribution < -0.4 is 5.32 Å². The highest BCUT2D eigenvalue weighted by molar-refractivity contribution is 8.00. The predicted molar refractivity (Wildman–Crippen MR) is 74.5 cm³/mol. The van der Waals surface area contributed by atoms with Crippen LogP contribution in [-0.2, 0) is 6.18 Å². The van der Waals surface area contributed by atoms with Crippen molar-refractivity contribution in [1.29, 1.82) is 0 Å². The minimum atomic E-state index is -4.32. The molecular formula is C14H16F3NO2S. The largest absolute Gasteiger partial charge is 0.465 e. The standard InChI is InChI=1S/C14H16F3NO2S/c15-14(16,17)9-2-1-3-12(8-9)21-11-6-4-10(5-7-11)18-13(19)20/h1-3,8,10-11,18H,4-7H2,(H,19,20). The smallest absolute Gasteiger partial charge is 0.416 e. The molecule has 1 amide bonds. The summed E-state index contributed by atoms with van der Waals surface area (Å²) in [6.07, 6.45) is -2.30. The van der Waals surface area contributed by atoms with Crippen LogP contribution in [-0.4, -0.2) is 22.5 Å². The monoisotopic (exact) mass is 319 g/mol. The number of thioether (sulfide) groups is 1. The number of hydrogen-bond acceptors (Lipinski definition) is 2. The predicted octanol–water partition coefficient (Wildman–Crippen LogP) is 4.38. The minimum absolute atomic E-state index is 0.0409. The fourth-order valence-electron chi connectivity index (χ4n) is 2.44. The van der Waals surface area contributed by atoms with Crippen molar-refractivity contribution in [2.75, 3.05) is 0 Å². The molecule has 116 valence electrons. The van der Waals surface area contributed by atoms with Crippen LogP contribution >= 0.6 is 11.8 Å². The highest BCUT2D eigenvalue weighted by Gasteiger charge is 2.31. The highest BCUT2D eigenvalue weighted by atomic mass is 32.2. The van der Waals surface area contributed by atoms with Gasteiger partial charge >= 0.3 is 12.3 Å². The fourth-order valence-corrected chi connectivity index (χ4v) is 3.68. The van der Waals surface area contributed by atoms with Crippen LogP contribution in [0.25, 0.3) is 0 Å². The molecule has 2 rings (SSSR count). The summed E-state index contributed by atoms with van der Waals surface area (Å²) in [6, 6.07) is 5.30. The lowest BCUT2D eigenvalue weighted by Crippen LogP contribution is -2.37. The van der Waals surface area contributed by atoms with Crippen LogP contribution in [0.15, 0.2) is 29.2 Å². The Morgan fingerprint density at radius 2 is 1.90 bits per heavy atom. The van der Waals surface area contributed by atoms with Gasteiger partial charge in [0.05, 0.1) is 5.56 Å². The summed E-state index contributed by atoms with van der Waals surface area (Å²) in [7, 11) is 0. The number of rotatable bonds is 3. The molecule has 7 heteroatoms. The minimum Gasteiger partial charge on any atom is -0.465 e. The zero-order chi connectivity index (χ0) is 15.5. The van der Waals surface area contributed by atoms with Crippen molar-refractivity contribution in [3.05, 3.63) is 29.8 Å². The molecule has 0 aromatic heterocycles. The number of halogens is 3. The Labute approximate surface area is 124 Å². The van der Waals surface area contributed by atoms with Crippen molar-refractivity contribution in [3.8, 4) is 0 Å². The molecule has 0 unspecified atom stereocenters. The highest BCUT2D eigenvalue weighted by Crippen LogP contribution is 2.36. The zero-order valence-electron chi connectivity index (χ0n) is 11.2. The molecule has 1 aromatic rings. The molecule has 0 saturated heterocycles. The summed E-state index contributed by atoms with van der Waals surface area (Å²) < 4.78 is 37.9. The number of alkyl halides is 3. The average molecular weight is 319 g/mol. The van der Waals surface area contributed by atoms with E-state index >= 15 is 0 Å². The van der Waals surface area contributed by atoms with Gasteiger partial charge < -0.3 is 10.4 Å². The molecule has 1 aliphatic rings. The van der Waals surface area contributed by atoms with E-state index in [4.69, 9.17) is 5.11 Å². The van der Waals surface area contributed by atoms with E-state index in [-0.39, 0.29) is 11.3 Å². The maximum Gasteiger partial charge on any atom is 0.416 e. The second-order valence-corrected chi connectivity index (χ2v) is 6.44. The Morgan fingerprint density at radius 1 is 1.24 bits per heavy atom. The summed E-state index contributed by atoms with van der Waals surface area (Å²) in [5, 5.41) is 11.3. The third-order valence-corrected chi connectivity index (χ3v) is 4.80. The van der Waals surface area contributed by atoms with Crippen molar-refractivity contribution in [1.82, 2.24) is 5.32 Å². The lowest BCUT2D eigenvalue weighted by molar-refractivity contribution is -0.137. The van der Waals surface area contributed by atoms with E-state index < -0.39 is 17.8 Å². The van der Waals surface area contributed by atoms with Gasteiger partial charge in [0.1, 0.15) is 0 Å². The maximum atomic E-state index is 12.6. The Morgan fingerprint density at radius 3 is 2.48 bits per heavy atom. The Bertz CT molecular complexity index is 499. The first-order valence-electron chi connectivity index (χ1n) is 6.68. The van der Waals surface area contributed by atoms with Gasteiger partial charge in [-0.15, -0.1) is 11.8 Å². The molecular weight excluding hydrogens is 303 g/mol. The molecule has 21 heavy (non-hydrogen) atoms. The topological polar surface area (TPSA) is 49.3 Å². The molecule has 1 fully saturated rings. The molecule has 0 heterocycles. The Balaban J connectivity index is 1.90. The summed E-state index contributed by atoms with van der Waals surface area (Å²) in [4.78, 5) is 11.2. The van der Waals surface area contributed by atoms with Crippen molar-refractivity contribution in [2.24, 2.45) is 0 Å². The molecule has 0 radical (unpaired) electrons. The molecule has 0 bridgehead atoms. The molecule has 3 nitrogen and oxygen atoms in total. The SMILES string of the molecule is O=C(O)NC1CCC(Sc2cccc(C(F)(F)F)c2)CC1. The first-order chi connectivity index (χ1) is 9.84. The van der Waals surface area contributed by atoms with E-state index in [1.165, 1.54) is 23.9 Å². The van der Waals surface area contributed by atoms with E-state index in [2.05, 4.69) is 5.32 Å². The normalized spacial score (nSPS) is 22.8. The van der Waals surface area contributed by atoms with Gasteiger partial charge in [0.15, 0.2) is 0 Å². The van der Waals surface area contributed by atoms with E-state index in [1.54, 1.807) is 6.07 Å². The Hall–Kier alpha value is -1.37. The maximum absolute atomic E-state index is 12.6. The van der Waals surface area contributed by atoms with Gasteiger partial charge in [-0.3, -0.25) is 0 Å². The van der Waals surface area contributed by atoms with Gasteiger partial charge in [-0.25, -0.2) is 4.79 Å². The van der Waals surface area contributed by atoms with E-state index in [1.807, 2.05) is 0 Å². The molecule has 2 N–H and O–H groups in total. The molecule has 0 spiro atoms. The van der Waals surface area contributed by atoms with Crippen LogP contribution in [0, 0.1) is 0 Å². The zero-order valence-corrected chi connectivity index (χ0v) is 12.0. The fraction of sp³-hybridized carbons (Fsp3) is 0.500. The second kappa shape index (κ2) is 6.60. The molecule has 1 saturated carbocycles. The van der Waals surface area contributed by atoms with Gasteiger partial charge in [0.2, 0.25) is 0 Å². The summed E-state index contributed by atoms with van der Waals surface area (Å²) >= 11 is 1.44. The van der Waals surface area contributed by atoms with Gasteiger partial charge in [-0.05, 0) is 43.9 Å². The van der Waals surface area contributed by atoms with Gasteiger partial charge in [0, 0.05) is 16.2 Å². The molecule has 1 aromatic carbocycles. The second-order valence-electron chi connectivity index (χ2n) is 5.07. The van der Waals surface area contributed by atoms with Crippen molar-refractivity contribution in [2.45, 2.75) is 48.0 Å². The van der Waals surface area contributed by atoms with Crippen LogP contribution in [0.1, 0.15) is 31.2 Å². The summed E-state index contributed by atoms with van der Waals surface area (Å²) in [5.74, 6) is 0. The number of nitrogens with one attached hydrogen (secondary N) is 1. The molecule has 0 aliphatic heterocycles. The van der Waals surface area contributed by atoms with Crippen molar-refractivity contribution in [3.63, 3.8) is 0 Å². The first kappa shape index (κ1) is 16.0. The number of hydrogen-bond donors (Lipinski definition) is 2. The third kappa shape index (κ3) is 4.84. The number of carboxylic acid groups (broad SMARTS) is 1. The Kier molecular flexibility index (Phi) is 5.03. The van der Waals surface area contributed by atoms with Gasteiger partial charge in [-0.2, -0.15) is 13.2 Å². The van der Waals surface area contributed by atoms with Crippen molar-refractivity contribution >= 4 is 17.9 Å². The lowest BCUT2D eigenvalue weighted by atomic mass is 9.95. The third-order valence-electron chi connectivity index (χ3n) is 3.47. The van der Waals surface area contributed by atoms with Gasteiger partial charge in [0.25, 0.3) is 0 Å². The van der Waals surface area contributed by atoms with Crippen LogP contribution in [0.3, 0.4) is 0 Å². The number of amides is 1. The first-order valence-corrected chi connectivity index (χ1v) is 7.56. The van der Waals surface area contributed by atoms with E-state index in [0.29, 0.717) is 4.90 Å². The number of carbonyl (C=O) groups is 1. The summed E-state index contributed by atoms with van der Waals surface area (Å²) in [6.45, 7) is 0. The quantitative estimate of drug-likeness (QED) is 0.869. The lowest BCUT2D eigenvalue weighted by Gasteiger charge is -2.28. The molecule has 1 aliphatic carbocycles. The van der Waals surface area contributed by atoms with Gasteiger partial charge in [-0.1, -0.05) is 6.07 Å².